The van der Waals surface area contributed by atoms with Crippen molar-refractivity contribution in [3.8, 4) is 0 Å². The summed E-state index contributed by atoms with van der Waals surface area (Å²) in [6.07, 6.45) is -3.81. The molecule has 0 aliphatic rings. The van der Waals surface area contributed by atoms with E-state index in [2.05, 4.69) is 16.4 Å². The number of alkyl halides is 3. The Hall–Kier alpha value is -2.41. The highest BCUT2D eigenvalue weighted by Crippen LogP contribution is 2.34. The van der Waals surface area contributed by atoms with Crippen LogP contribution in [-0.4, -0.2) is 17.4 Å². The van der Waals surface area contributed by atoms with Gasteiger partial charge in [0.25, 0.3) is 5.91 Å². The van der Waals surface area contributed by atoms with Gasteiger partial charge >= 0.3 is 6.18 Å². The first kappa shape index (κ1) is 18.4. The van der Waals surface area contributed by atoms with Gasteiger partial charge in [-0.25, -0.2) is 4.98 Å². The number of aromatic nitrogens is 1. The molecule has 2 aromatic heterocycles. The summed E-state index contributed by atoms with van der Waals surface area (Å²) in [7, 11) is 0. The Bertz CT molecular complexity index is 963. The van der Waals surface area contributed by atoms with Gasteiger partial charge in [0.05, 0.1) is 4.88 Å². The quantitative estimate of drug-likeness (QED) is 0.701. The first-order chi connectivity index (χ1) is 12.3. The van der Waals surface area contributed by atoms with Crippen molar-refractivity contribution < 1.29 is 18.0 Å². The molecule has 3 rings (SSSR count). The monoisotopic (exact) mass is 378 g/mol. The second-order valence-corrected chi connectivity index (χ2v) is 7.10. The number of benzene rings is 1. The van der Waals surface area contributed by atoms with Gasteiger partial charge in [-0.05, 0) is 43.5 Å². The summed E-state index contributed by atoms with van der Waals surface area (Å²) in [5, 5.41) is 3.41. The molecule has 2 heterocycles. The number of thiophene rings is 1. The van der Waals surface area contributed by atoms with Crippen LogP contribution in [0, 0.1) is 13.8 Å². The first-order valence-corrected chi connectivity index (χ1v) is 8.88. The fraction of sp³-hybridized carbons (Fsp3) is 0.263. The van der Waals surface area contributed by atoms with Crippen molar-refractivity contribution in [1.29, 1.82) is 0 Å². The molecule has 26 heavy (non-hydrogen) atoms. The Kier molecular flexibility index (Phi) is 5.00. The fourth-order valence-electron chi connectivity index (χ4n) is 2.74. The number of carbonyl (C=O) groups is 1. The van der Waals surface area contributed by atoms with Gasteiger partial charge in [0.2, 0.25) is 0 Å². The lowest BCUT2D eigenvalue weighted by Gasteiger charge is -2.05. The predicted octanol–water partition coefficient (Wildman–Crippen LogP) is 4.90. The molecule has 0 atom stereocenters. The van der Waals surface area contributed by atoms with E-state index in [0.29, 0.717) is 28.8 Å². The number of nitrogens with one attached hydrogen (secondary N) is 1. The summed E-state index contributed by atoms with van der Waals surface area (Å²) < 4.78 is 38.4. The lowest BCUT2D eigenvalue weighted by atomic mass is 10.1. The minimum Gasteiger partial charge on any atom is -0.351 e. The van der Waals surface area contributed by atoms with E-state index in [1.165, 1.54) is 6.07 Å². The lowest BCUT2D eigenvalue weighted by molar-refractivity contribution is -0.140. The SMILES string of the molecule is Cc1cccc(CCNC(=O)c2sc3nc(C(F)(F)F)ccc3c2C)c1. The molecule has 1 aromatic carbocycles. The Labute approximate surface area is 152 Å². The van der Waals surface area contributed by atoms with E-state index in [9.17, 15) is 18.0 Å². The Morgan fingerprint density at radius 1 is 1.19 bits per heavy atom. The van der Waals surface area contributed by atoms with Crippen LogP contribution < -0.4 is 5.32 Å². The van der Waals surface area contributed by atoms with Crippen molar-refractivity contribution in [2.45, 2.75) is 26.4 Å². The van der Waals surface area contributed by atoms with Crippen molar-refractivity contribution in [2.75, 3.05) is 6.54 Å². The number of pyridine rings is 1. The molecule has 0 aliphatic carbocycles. The molecular formula is C19H17F3N2OS. The van der Waals surface area contributed by atoms with Crippen molar-refractivity contribution in [2.24, 2.45) is 0 Å². The van der Waals surface area contributed by atoms with Gasteiger partial charge in [-0.2, -0.15) is 13.2 Å². The van der Waals surface area contributed by atoms with Gasteiger partial charge in [0, 0.05) is 11.9 Å². The number of aryl methyl sites for hydroxylation is 2. The number of halogens is 3. The number of amides is 1. The summed E-state index contributed by atoms with van der Waals surface area (Å²) in [6, 6.07) is 10.3. The van der Waals surface area contributed by atoms with E-state index < -0.39 is 11.9 Å². The third-order valence-corrected chi connectivity index (χ3v) is 5.28. The van der Waals surface area contributed by atoms with Crippen molar-refractivity contribution in [3.63, 3.8) is 0 Å². The smallest absolute Gasteiger partial charge is 0.351 e. The van der Waals surface area contributed by atoms with E-state index in [1.807, 2.05) is 25.1 Å². The topological polar surface area (TPSA) is 42.0 Å². The molecule has 1 amide bonds. The van der Waals surface area contributed by atoms with Crippen LogP contribution >= 0.6 is 11.3 Å². The molecule has 0 bridgehead atoms. The summed E-state index contributed by atoms with van der Waals surface area (Å²) in [6.45, 7) is 4.19. The predicted molar refractivity (Wildman–Crippen MR) is 96.6 cm³/mol. The van der Waals surface area contributed by atoms with Crippen LogP contribution in [0.5, 0.6) is 0 Å². The standard InChI is InChI=1S/C19H17F3N2OS/c1-11-4-3-5-13(10-11)8-9-23-17(25)16-12(2)14-6-7-15(19(20,21)22)24-18(14)26-16/h3-7,10H,8-9H2,1-2H3,(H,23,25). The fourth-order valence-corrected chi connectivity index (χ4v) is 3.84. The summed E-state index contributed by atoms with van der Waals surface area (Å²) in [5.41, 5.74) is 1.98. The molecule has 136 valence electrons. The van der Waals surface area contributed by atoms with Gasteiger partial charge in [-0.15, -0.1) is 11.3 Å². The number of hydrogen-bond acceptors (Lipinski definition) is 3. The minimum atomic E-state index is -4.50. The van der Waals surface area contributed by atoms with Gasteiger partial charge in [0.1, 0.15) is 10.5 Å². The van der Waals surface area contributed by atoms with Crippen molar-refractivity contribution in [1.82, 2.24) is 10.3 Å². The zero-order chi connectivity index (χ0) is 18.9. The van der Waals surface area contributed by atoms with E-state index in [4.69, 9.17) is 0 Å². The largest absolute Gasteiger partial charge is 0.433 e. The maximum atomic E-state index is 12.8. The highest BCUT2D eigenvalue weighted by molar-refractivity contribution is 7.20. The third kappa shape index (κ3) is 3.88. The summed E-state index contributed by atoms with van der Waals surface area (Å²) in [5.74, 6) is -0.285. The molecule has 0 radical (unpaired) electrons. The normalized spacial score (nSPS) is 11.7. The van der Waals surface area contributed by atoms with Crippen molar-refractivity contribution in [3.05, 3.63) is 63.7 Å². The van der Waals surface area contributed by atoms with Gasteiger partial charge in [0.15, 0.2) is 0 Å². The average Bonchev–Trinajstić information content (AvgIpc) is 2.90. The summed E-state index contributed by atoms with van der Waals surface area (Å²) in [4.78, 5) is 16.7. The van der Waals surface area contributed by atoms with Crippen LogP contribution in [-0.2, 0) is 12.6 Å². The van der Waals surface area contributed by atoms with Gasteiger partial charge < -0.3 is 5.32 Å². The van der Waals surface area contributed by atoms with Crippen molar-refractivity contribution >= 4 is 27.5 Å². The number of nitrogens with zero attached hydrogens (tertiary/aromatic N) is 1. The first-order valence-electron chi connectivity index (χ1n) is 8.07. The molecule has 0 saturated carbocycles. The molecule has 3 aromatic rings. The number of rotatable bonds is 4. The second-order valence-electron chi connectivity index (χ2n) is 6.10. The van der Waals surface area contributed by atoms with E-state index in [-0.39, 0.29) is 10.7 Å². The Morgan fingerprint density at radius 3 is 2.65 bits per heavy atom. The highest BCUT2D eigenvalue weighted by Gasteiger charge is 2.33. The maximum absolute atomic E-state index is 12.8. The van der Waals surface area contributed by atoms with Crippen LogP contribution in [0.1, 0.15) is 32.1 Å². The van der Waals surface area contributed by atoms with Crippen LogP contribution in [0.15, 0.2) is 36.4 Å². The van der Waals surface area contributed by atoms with E-state index in [1.54, 1.807) is 6.92 Å². The molecule has 1 N–H and O–H groups in total. The molecular weight excluding hydrogens is 361 g/mol. The zero-order valence-electron chi connectivity index (χ0n) is 14.3. The Balaban J connectivity index is 1.74. The average molecular weight is 378 g/mol. The zero-order valence-corrected chi connectivity index (χ0v) is 15.1. The molecule has 0 unspecified atom stereocenters. The van der Waals surface area contributed by atoms with E-state index in [0.717, 1.165) is 28.5 Å². The minimum absolute atomic E-state index is 0.223. The van der Waals surface area contributed by atoms with Gasteiger partial charge in [-0.1, -0.05) is 29.8 Å². The lowest BCUT2D eigenvalue weighted by Crippen LogP contribution is -2.25. The van der Waals surface area contributed by atoms with Crippen LogP contribution in [0.25, 0.3) is 10.2 Å². The molecule has 0 aliphatic heterocycles. The Morgan fingerprint density at radius 2 is 1.96 bits per heavy atom. The molecule has 7 heteroatoms. The van der Waals surface area contributed by atoms with E-state index >= 15 is 0 Å². The highest BCUT2D eigenvalue weighted by atomic mass is 32.1. The number of hydrogen-bond donors (Lipinski definition) is 1. The third-order valence-electron chi connectivity index (χ3n) is 4.08. The maximum Gasteiger partial charge on any atom is 0.433 e. The summed E-state index contributed by atoms with van der Waals surface area (Å²) >= 11 is 0.988. The van der Waals surface area contributed by atoms with Crippen LogP contribution in [0.3, 0.4) is 0 Å². The van der Waals surface area contributed by atoms with Crippen LogP contribution in [0.4, 0.5) is 13.2 Å². The number of carbonyl (C=O) groups excluding carboxylic acids is 1. The van der Waals surface area contributed by atoms with Crippen LogP contribution in [0.2, 0.25) is 0 Å². The van der Waals surface area contributed by atoms with Gasteiger partial charge in [-0.3, -0.25) is 4.79 Å². The second kappa shape index (κ2) is 7.07. The molecule has 0 saturated heterocycles. The molecule has 0 fully saturated rings. The molecule has 0 spiro atoms. The number of fused-ring (bicyclic) bond motifs is 1. The molecule has 3 nitrogen and oxygen atoms in total.